The van der Waals surface area contributed by atoms with E-state index < -0.39 is 10.8 Å². The van der Waals surface area contributed by atoms with Crippen molar-refractivity contribution in [2.75, 3.05) is 18.9 Å². The molecule has 0 atom stereocenters. The van der Waals surface area contributed by atoms with Crippen molar-refractivity contribution in [3.63, 3.8) is 0 Å². The quantitative estimate of drug-likeness (QED) is 0.361. The van der Waals surface area contributed by atoms with Crippen molar-refractivity contribution in [3.8, 4) is 6.07 Å². The van der Waals surface area contributed by atoms with Gasteiger partial charge in [0.15, 0.2) is 0 Å². The van der Waals surface area contributed by atoms with Crippen LogP contribution in [0.5, 0.6) is 0 Å². The predicted octanol–water partition coefficient (Wildman–Crippen LogP) is 2.67. The predicted molar refractivity (Wildman–Crippen MR) is 83.0 cm³/mol. The van der Waals surface area contributed by atoms with Crippen LogP contribution in [0.2, 0.25) is 0 Å². The van der Waals surface area contributed by atoms with E-state index in [1.165, 1.54) is 30.5 Å². The topological polar surface area (TPSA) is 99.3 Å². The highest BCUT2D eigenvalue weighted by molar-refractivity contribution is 6.06. The third-order valence-corrected chi connectivity index (χ3v) is 2.91. The molecule has 0 bridgehead atoms. The Hall–Kier alpha value is -2.88. The van der Waals surface area contributed by atoms with Crippen LogP contribution in [0.1, 0.15) is 19.8 Å². The third-order valence-electron chi connectivity index (χ3n) is 2.91. The van der Waals surface area contributed by atoms with Gasteiger partial charge in [0.1, 0.15) is 11.6 Å². The van der Waals surface area contributed by atoms with Crippen molar-refractivity contribution >= 4 is 17.3 Å². The van der Waals surface area contributed by atoms with Gasteiger partial charge in [0.05, 0.1) is 4.92 Å². The van der Waals surface area contributed by atoms with E-state index in [2.05, 4.69) is 12.2 Å². The summed E-state index contributed by atoms with van der Waals surface area (Å²) < 4.78 is 0. The van der Waals surface area contributed by atoms with Crippen molar-refractivity contribution in [3.05, 3.63) is 46.2 Å². The molecule has 7 heteroatoms. The molecule has 0 aliphatic carbocycles. The van der Waals surface area contributed by atoms with Crippen LogP contribution in [0.3, 0.4) is 0 Å². The number of carbonyl (C=O) groups is 1. The van der Waals surface area contributed by atoms with E-state index in [1.54, 1.807) is 11.9 Å². The summed E-state index contributed by atoms with van der Waals surface area (Å²) in [6.45, 7) is 2.82. The molecule has 0 saturated heterocycles. The summed E-state index contributed by atoms with van der Waals surface area (Å²) in [7, 11) is 1.80. The lowest BCUT2D eigenvalue weighted by Crippen LogP contribution is -2.19. The number of nitriles is 1. The molecule has 116 valence electrons. The van der Waals surface area contributed by atoms with E-state index in [4.69, 9.17) is 5.26 Å². The molecule has 0 aliphatic heterocycles. The highest BCUT2D eigenvalue weighted by atomic mass is 16.6. The minimum Gasteiger partial charge on any atom is -0.379 e. The van der Waals surface area contributed by atoms with Crippen LogP contribution in [0.15, 0.2) is 36.0 Å². The van der Waals surface area contributed by atoms with Crippen molar-refractivity contribution < 1.29 is 9.72 Å². The van der Waals surface area contributed by atoms with Crippen LogP contribution < -0.4 is 5.32 Å². The van der Waals surface area contributed by atoms with Crippen LogP contribution in [0.25, 0.3) is 0 Å². The maximum absolute atomic E-state index is 12.0. The molecule has 7 nitrogen and oxygen atoms in total. The van der Waals surface area contributed by atoms with Crippen molar-refractivity contribution in [1.82, 2.24) is 4.90 Å². The molecule has 0 heterocycles. The molecule has 0 radical (unpaired) electrons. The molecule has 22 heavy (non-hydrogen) atoms. The van der Waals surface area contributed by atoms with Gasteiger partial charge in [-0.25, -0.2) is 0 Å². The van der Waals surface area contributed by atoms with Gasteiger partial charge in [0, 0.05) is 37.6 Å². The van der Waals surface area contributed by atoms with Crippen LogP contribution in [0, 0.1) is 21.4 Å². The first-order valence-corrected chi connectivity index (χ1v) is 6.86. The lowest BCUT2D eigenvalue weighted by molar-refractivity contribution is -0.384. The first-order valence-electron chi connectivity index (χ1n) is 6.86. The maximum Gasteiger partial charge on any atom is 0.269 e. The molecule has 0 aliphatic rings. The van der Waals surface area contributed by atoms with Crippen LogP contribution >= 0.6 is 0 Å². The zero-order valence-corrected chi connectivity index (χ0v) is 12.6. The summed E-state index contributed by atoms with van der Waals surface area (Å²) in [5, 5.41) is 22.2. The van der Waals surface area contributed by atoms with Crippen LogP contribution in [-0.4, -0.2) is 29.3 Å². The van der Waals surface area contributed by atoms with E-state index in [9.17, 15) is 14.9 Å². The molecule has 1 amide bonds. The second kappa shape index (κ2) is 8.42. The van der Waals surface area contributed by atoms with Crippen molar-refractivity contribution in [2.45, 2.75) is 19.8 Å². The second-order valence-electron chi connectivity index (χ2n) is 4.75. The summed E-state index contributed by atoms with van der Waals surface area (Å²) in [6.07, 6.45) is 3.49. The number of amides is 1. The molecule has 0 saturated carbocycles. The second-order valence-corrected chi connectivity index (χ2v) is 4.75. The fraction of sp³-hybridized carbons (Fsp3) is 0.333. The number of carbonyl (C=O) groups excluding carboxylic acids is 1. The highest BCUT2D eigenvalue weighted by Crippen LogP contribution is 2.16. The van der Waals surface area contributed by atoms with Gasteiger partial charge in [-0.05, 0) is 18.6 Å². The number of anilines is 1. The van der Waals surface area contributed by atoms with Gasteiger partial charge in [0.25, 0.3) is 11.6 Å². The van der Waals surface area contributed by atoms with E-state index in [1.807, 2.05) is 6.07 Å². The molecule has 1 aromatic rings. The Bertz CT molecular complexity index is 602. The fourth-order valence-electron chi connectivity index (χ4n) is 1.70. The minimum absolute atomic E-state index is 0.0167. The van der Waals surface area contributed by atoms with Gasteiger partial charge in [-0.2, -0.15) is 5.26 Å². The number of rotatable bonds is 7. The monoisotopic (exact) mass is 302 g/mol. The summed E-state index contributed by atoms with van der Waals surface area (Å²) in [4.78, 5) is 23.8. The van der Waals surface area contributed by atoms with Crippen LogP contribution in [-0.2, 0) is 4.79 Å². The molecule has 1 aromatic carbocycles. The molecular formula is C15H18N4O3. The SMILES string of the molecule is CCCCN(C)/C=C(/C#N)C(=O)Nc1ccc([N+](=O)[O-])cc1. The van der Waals surface area contributed by atoms with Crippen molar-refractivity contribution in [2.24, 2.45) is 0 Å². The Morgan fingerprint density at radius 2 is 2.09 bits per heavy atom. The van der Waals surface area contributed by atoms with E-state index in [-0.39, 0.29) is 11.3 Å². The number of hydrogen-bond acceptors (Lipinski definition) is 5. The van der Waals surface area contributed by atoms with E-state index >= 15 is 0 Å². The zero-order chi connectivity index (χ0) is 16.5. The van der Waals surface area contributed by atoms with Crippen LogP contribution in [0.4, 0.5) is 11.4 Å². The average molecular weight is 302 g/mol. The Labute approximate surface area is 129 Å². The number of nitro groups is 1. The first-order chi connectivity index (χ1) is 10.5. The number of non-ortho nitro benzene ring substituents is 1. The highest BCUT2D eigenvalue weighted by Gasteiger charge is 2.11. The first kappa shape index (κ1) is 17.2. The largest absolute Gasteiger partial charge is 0.379 e. The number of hydrogen-bond donors (Lipinski definition) is 1. The molecule has 1 N–H and O–H groups in total. The maximum atomic E-state index is 12.0. The third kappa shape index (κ3) is 5.25. The molecule has 0 spiro atoms. The normalized spacial score (nSPS) is 10.7. The van der Waals surface area contributed by atoms with Gasteiger partial charge in [-0.1, -0.05) is 13.3 Å². The van der Waals surface area contributed by atoms with Gasteiger partial charge >= 0.3 is 0 Å². The van der Waals surface area contributed by atoms with Gasteiger partial charge in [0.2, 0.25) is 0 Å². The summed E-state index contributed by atoms with van der Waals surface area (Å²) in [5.74, 6) is -0.542. The number of nitrogens with zero attached hydrogens (tertiary/aromatic N) is 3. The smallest absolute Gasteiger partial charge is 0.269 e. The zero-order valence-electron chi connectivity index (χ0n) is 12.6. The molecule has 0 unspecified atom stereocenters. The molecule has 1 rings (SSSR count). The standard InChI is InChI=1S/C15H18N4O3/c1-3-4-9-18(2)11-12(10-16)15(20)17-13-5-7-14(8-6-13)19(21)22/h5-8,11H,3-4,9H2,1-2H3,(H,17,20)/b12-11-. The Morgan fingerprint density at radius 1 is 1.45 bits per heavy atom. The Balaban J connectivity index is 2.74. The fourth-order valence-corrected chi connectivity index (χ4v) is 1.70. The van der Waals surface area contributed by atoms with E-state index in [0.29, 0.717) is 5.69 Å². The number of nitro benzene ring substituents is 1. The summed E-state index contributed by atoms with van der Waals surface area (Å²) >= 11 is 0. The van der Waals surface area contributed by atoms with E-state index in [0.717, 1.165) is 19.4 Å². The number of benzene rings is 1. The Morgan fingerprint density at radius 3 is 2.59 bits per heavy atom. The lowest BCUT2D eigenvalue weighted by atomic mass is 10.2. The summed E-state index contributed by atoms with van der Waals surface area (Å²) in [5.41, 5.74) is 0.318. The van der Waals surface area contributed by atoms with Gasteiger partial charge < -0.3 is 10.2 Å². The lowest BCUT2D eigenvalue weighted by Gasteiger charge is -2.13. The molecule has 0 fully saturated rings. The van der Waals surface area contributed by atoms with Gasteiger partial charge in [-0.3, -0.25) is 14.9 Å². The summed E-state index contributed by atoms with van der Waals surface area (Å²) in [6, 6.07) is 7.28. The van der Waals surface area contributed by atoms with Gasteiger partial charge in [-0.15, -0.1) is 0 Å². The number of unbranched alkanes of at least 4 members (excludes halogenated alkanes) is 1. The molecule has 0 aromatic heterocycles. The molecular weight excluding hydrogens is 284 g/mol. The number of nitrogens with one attached hydrogen (secondary N) is 1. The minimum atomic E-state index is -0.542. The van der Waals surface area contributed by atoms with Crippen molar-refractivity contribution in [1.29, 1.82) is 5.26 Å². The Kier molecular flexibility index (Phi) is 6.57. The average Bonchev–Trinajstić information content (AvgIpc) is 2.50.